The van der Waals surface area contributed by atoms with Crippen molar-refractivity contribution in [3.05, 3.63) is 0 Å². The lowest BCUT2D eigenvalue weighted by Crippen LogP contribution is -2.36. The zero-order valence-corrected chi connectivity index (χ0v) is 9.38. The standard InChI is InChI=1S/C9H15NO4S/c1-15-5-4-10-8(11)6-2-3-7(14-6)9(12)13/h6-7H,2-5H2,1H3,(H,10,11)(H,12,13)/t6-,7+/m0/s1. The highest BCUT2D eigenvalue weighted by atomic mass is 32.2. The average molecular weight is 233 g/mol. The van der Waals surface area contributed by atoms with Gasteiger partial charge >= 0.3 is 5.97 Å². The number of carbonyl (C=O) groups excluding carboxylic acids is 1. The number of amides is 1. The lowest BCUT2D eigenvalue weighted by atomic mass is 10.2. The molecular formula is C9H15NO4S. The summed E-state index contributed by atoms with van der Waals surface area (Å²) in [6.07, 6.45) is 1.45. The van der Waals surface area contributed by atoms with Gasteiger partial charge in [0.05, 0.1) is 0 Å². The number of ether oxygens (including phenoxy) is 1. The van der Waals surface area contributed by atoms with Gasteiger partial charge in [0.15, 0.2) is 6.10 Å². The van der Waals surface area contributed by atoms with Crippen LogP contribution in [0.4, 0.5) is 0 Å². The van der Waals surface area contributed by atoms with Gasteiger partial charge < -0.3 is 15.2 Å². The van der Waals surface area contributed by atoms with Crippen LogP contribution in [0.1, 0.15) is 12.8 Å². The Labute approximate surface area is 92.6 Å². The minimum atomic E-state index is -0.991. The summed E-state index contributed by atoms with van der Waals surface area (Å²) in [5.74, 6) is -0.344. The van der Waals surface area contributed by atoms with Crippen LogP contribution in [0.25, 0.3) is 0 Å². The summed E-state index contributed by atoms with van der Waals surface area (Å²) in [4.78, 5) is 22.0. The van der Waals surface area contributed by atoms with Gasteiger partial charge in [0.25, 0.3) is 0 Å². The second-order valence-corrected chi connectivity index (χ2v) is 4.30. The smallest absolute Gasteiger partial charge is 0.332 e. The van der Waals surface area contributed by atoms with Crippen molar-refractivity contribution in [1.29, 1.82) is 0 Å². The molecule has 1 heterocycles. The van der Waals surface area contributed by atoms with Crippen molar-refractivity contribution in [3.63, 3.8) is 0 Å². The van der Waals surface area contributed by atoms with Crippen LogP contribution in [0, 0.1) is 0 Å². The molecule has 1 amide bonds. The van der Waals surface area contributed by atoms with E-state index in [0.717, 1.165) is 5.75 Å². The molecule has 0 saturated carbocycles. The van der Waals surface area contributed by atoms with Crippen LogP contribution in [0.15, 0.2) is 0 Å². The van der Waals surface area contributed by atoms with Crippen LogP contribution in [-0.4, -0.2) is 47.7 Å². The van der Waals surface area contributed by atoms with Gasteiger partial charge in [0.2, 0.25) is 5.91 Å². The van der Waals surface area contributed by atoms with Crippen LogP contribution in [0.5, 0.6) is 0 Å². The Morgan fingerprint density at radius 1 is 1.47 bits per heavy atom. The Kier molecular flexibility index (Phi) is 4.90. The predicted molar refractivity (Wildman–Crippen MR) is 56.9 cm³/mol. The number of rotatable bonds is 5. The molecule has 1 saturated heterocycles. The van der Waals surface area contributed by atoms with E-state index in [1.807, 2.05) is 6.26 Å². The minimum absolute atomic E-state index is 0.201. The summed E-state index contributed by atoms with van der Waals surface area (Å²) in [6.45, 7) is 0.595. The van der Waals surface area contributed by atoms with E-state index in [9.17, 15) is 9.59 Å². The third-order valence-electron chi connectivity index (χ3n) is 2.19. The fourth-order valence-corrected chi connectivity index (χ4v) is 1.71. The summed E-state index contributed by atoms with van der Waals surface area (Å²) >= 11 is 1.64. The number of carboxylic acid groups (broad SMARTS) is 1. The van der Waals surface area contributed by atoms with Crippen LogP contribution in [0.2, 0.25) is 0 Å². The average Bonchev–Trinajstić information content (AvgIpc) is 2.66. The van der Waals surface area contributed by atoms with E-state index in [2.05, 4.69) is 5.32 Å². The second kappa shape index (κ2) is 5.97. The van der Waals surface area contributed by atoms with Crippen LogP contribution in [0.3, 0.4) is 0 Å². The quantitative estimate of drug-likeness (QED) is 0.659. The molecule has 0 bridgehead atoms. The van der Waals surface area contributed by atoms with E-state index in [-0.39, 0.29) is 5.91 Å². The van der Waals surface area contributed by atoms with E-state index in [1.165, 1.54) is 0 Å². The van der Waals surface area contributed by atoms with Gasteiger partial charge in [0.1, 0.15) is 6.10 Å². The molecule has 2 N–H and O–H groups in total. The molecule has 5 nitrogen and oxygen atoms in total. The molecule has 0 spiro atoms. The Balaban J connectivity index is 2.27. The number of nitrogens with one attached hydrogen (secondary N) is 1. The van der Waals surface area contributed by atoms with Gasteiger partial charge in [0, 0.05) is 12.3 Å². The highest BCUT2D eigenvalue weighted by molar-refractivity contribution is 7.98. The lowest BCUT2D eigenvalue weighted by Gasteiger charge is -2.11. The molecule has 0 aromatic rings. The molecule has 0 aliphatic carbocycles. The van der Waals surface area contributed by atoms with E-state index in [0.29, 0.717) is 19.4 Å². The molecule has 1 aliphatic rings. The lowest BCUT2D eigenvalue weighted by molar-refractivity contribution is -0.151. The van der Waals surface area contributed by atoms with Crippen molar-refractivity contribution < 1.29 is 19.4 Å². The predicted octanol–water partition coefficient (Wildman–Crippen LogP) is 0.0978. The first-order chi connectivity index (χ1) is 7.15. The fourth-order valence-electron chi connectivity index (χ4n) is 1.40. The zero-order valence-electron chi connectivity index (χ0n) is 8.56. The topological polar surface area (TPSA) is 75.6 Å². The number of hydrogen-bond acceptors (Lipinski definition) is 4. The largest absolute Gasteiger partial charge is 0.479 e. The van der Waals surface area contributed by atoms with E-state index >= 15 is 0 Å². The third kappa shape index (κ3) is 3.71. The molecule has 1 fully saturated rings. The van der Waals surface area contributed by atoms with Gasteiger partial charge in [-0.1, -0.05) is 0 Å². The molecule has 0 aromatic carbocycles. The van der Waals surface area contributed by atoms with Crippen molar-refractivity contribution >= 4 is 23.6 Å². The molecular weight excluding hydrogens is 218 g/mol. The Bertz CT molecular complexity index is 246. The molecule has 15 heavy (non-hydrogen) atoms. The van der Waals surface area contributed by atoms with Crippen molar-refractivity contribution in [2.24, 2.45) is 0 Å². The fraction of sp³-hybridized carbons (Fsp3) is 0.778. The third-order valence-corrected chi connectivity index (χ3v) is 2.81. The van der Waals surface area contributed by atoms with Gasteiger partial charge in [-0.25, -0.2) is 4.79 Å². The minimum Gasteiger partial charge on any atom is -0.479 e. The van der Waals surface area contributed by atoms with E-state index in [4.69, 9.17) is 9.84 Å². The van der Waals surface area contributed by atoms with Gasteiger partial charge in [-0.05, 0) is 19.1 Å². The van der Waals surface area contributed by atoms with Crippen molar-refractivity contribution in [1.82, 2.24) is 5.32 Å². The van der Waals surface area contributed by atoms with Crippen LogP contribution >= 0.6 is 11.8 Å². The van der Waals surface area contributed by atoms with Gasteiger partial charge in [-0.2, -0.15) is 11.8 Å². The summed E-state index contributed by atoms with van der Waals surface area (Å²) in [5.41, 5.74) is 0. The SMILES string of the molecule is CSCCNC(=O)[C@@H]1CC[C@H](C(=O)O)O1. The maximum absolute atomic E-state index is 11.4. The molecule has 0 unspecified atom stereocenters. The molecule has 0 radical (unpaired) electrons. The highest BCUT2D eigenvalue weighted by Gasteiger charge is 2.34. The first kappa shape index (κ1) is 12.3. The van der Waals surface area contributed by atoms with Gasteiger partial charge in [-0.15, -0.1) is 0 Å². The van der Waals surface area contributed by atoms with Crippen LogP contribution in [-0.2, 0) is 14.3 Å². The van der Waals surface area contributed by atoms with Crippen molar-refractivity contribution in [2.45, 2.75) is 25.0 Å². The second-order valence-electron chi connectivity index (χ2n) is 3.31. The maximum Gasteiger partial charge on any atom is 0.332 e. The normalized spacial score (nSPS) is 25.1. The first-order valence-corrected chi connectivity index (χ1v) is 6.19. The maximum atomic E-state index is 11.4. The summed E-state index contributed by atoms with van der Waals surface area (Å²) in [7, 11) is 0. The molecule has 2 atom stereocenters. The Morgan fingerprint density at radius 2 is 2.13 bits per heavy atom. The van der Waals surface area contributed by atoms with Crippen molar-refractivity contribution in [2.75, 3.05) is 18.6 Å². The summed E-state index contributed by atoms with van der Waals surface area (Å²) in [6, 6.07) is 0. The number of hydrogen-bond donors (Lipinski definition) is 2. The molecule has 1 rings (SSSR count). The first-order valence-electron chi connectivity index (χ1n) is 4.80. The monoisotopic (exact) mass is 233 g/mol. The number of carboxylic acids is 1. The zero-order chi connectivity index (χ0) is 11.3. The summed E-state index contributed by atoms with van der Waals surface area (Å²) < 4.78 is 5.10. The van der Waals surface area contributed by atoms with E-state index < -0.39 is 18.2 Å². The summed E-state index contributed by atoms with van der Waals surface area (Å²) in [5, 5.41) is 11.4. The molecule has 86 valence electrons. The van der Waals surface area contributed by atoms with Gasteiger partial charge in [-0.3, -0.25) is 4.79 Å². The Morgan fingerprint density at radius 3 is 2.67 bits per heavy atom. The van der Waals surface area contributed by atoms with Crippen LogP contribution < -0.4 is 5.32 Å². The number of carbonyl (C=O) groups is 2. The number of thioether (sulfide) groups is 1. The highest BCUT2D eigenvalue weighted by Crippen LogP contribution is 2.19. The van der Waals surface area contributed by atoms with Crippen molar-refractivity contribution in [3.8, 4) is 0 Å². The number of aliphatic carboxylic acids is 1. The Hall–Kier alpha value is -0.750. The molecule has 6 heteroatoms. The molecule has 1 aliphatic heterocycles. The molecule has 0 aromatic heterocycles. The van der Waals surface area contributed by atoms with E-state index in [1.54, 1.807) is 11.8 Å².